The summed E-state index contributed by atoms with van der Waals surface area (Å²) in [5.41, 5.74) is 3.62. The third-order valence-electron chi connectivity index (χ3n) is 4.63. The largest absolute Gasteiger partial charge is 0.485 e. The molecular formula is C22H25O9P. The Labute approximate surface area is 185 Å². The molecule has 0 spiro atoms. The predicted octanol–water partition coefficient (Wildman–Crippen LogP) is 2.64. The maximum Gasteiger partial charge on any atom is 0.470 e. The highest BCUT2D eigenvalue weighted by Gasteiger charge is 2.45. The Morgan fingerprint density at radius 3 is 2.06 bits per heavy atom. The predicted molar refractivity (Wildman–Crippen MR) is 113 cm³/mol. The molecule has 1 aliphatic rings. The highest BCUT2D eigenvalue weighted by Crippen LogP contribution is 2.41. The number of aliphatic hydroxyl groups is 1. The van der Waals surface area contributed by atoms with Crippen LogP contribution >= 0.6 is 7.82 Å². The molecule has 0 radical (unpaired) electrons. The van der Waals surface area contributed by atoms with Crippen LogP contribution in [0.4, 0.5) is 0 Å². The van der Waals surface area contributed by atoms with E-state index in [1.807, 2.05) is 62.4 Å². The van der Waals surface area contributed by atoms with Gasteiger partial charge in [0, 0.05) is 0 Å². The minimum absolute atomic E-state index is 0.0372. The van der Waals surface area contributed by atoms with Crippen LogP contribution in [0.2, 0.25) is 0 Å². The Kier molecular flexibility index (Phi) is 7.71. The number of aliphatic hydroxyl groups excluding tert-OH is 1. The van der Waals surface area contributed by atoms with Gasteiger partial charge in [-0.3, -0.25) is 4.52 Å². The zero-order chi connectivity index (χ0) is 23.3. The van der Waals surface area contributed by atoms with E-state index in [1.54, 1.807) is 0 Å². The van der Waals surface area contributed by atoms with Crippen molar-refractivity contribution in [3.63, 3.8) is 0 Å². The summed E-state index contributed by atoms with van der Waals surface area (Å²) in [6.45, 7) is 3.09. The Morgan fingerprint density at radius 1 is 1.00 bits per heavy atom. The summed E-state index contributed by atoms with van der Waals surface area (Å²) in [5, 5.41) is 9.62. The van der Waals surface area contributed by atoms with Gasteiger partial charge in [-0.15, -0.1) is 0 Å². The van der Waals surface area contributed by atoms with Gasteiger partial charge < -0.3 is 29.1 Å². The molecule has 172 valence electrons. The standard InChI is InChI=1S/C22H25O9P/c1-14-5-3-7-16(9-14)12-28-20-19(18(11-23)31-32(25,26)27)30-22(24)21(20)29-13-17-8-4-6-15(2)10-17/h3-10,18-19,23H,11-13H2,1-2H3,(H2,25,26,27)/t18-,19+/m0/s1. The molecule has 2 aromatic carbocycles. The summed E-state index contributed by atoms with van der Waals surface area (Å²) in [7, 11) is -4.98. The Morgan fingerprint density at radius 2 is 1.56 bits per heavy atom. The van der Waals surface area contributed by atoms with Crippen LogP contribution in [-0.4, -0.2) is 39.7 Å². The fourth-order valence-corrected chi connectivity index (χ4v) is 3.79. The zero-order valence-electron chi connectivity index (χ0n) is 17.6. The van der Waals surface area contributed by atoms with Gasteiger partial charge in [0.25, 0.3) is 0 Å². The van der Waals surface area contributed by atoms with Gasteiger partial charge in [-0.05, 0) is 25.0 Å². The topological polar surface area (TPSA) is 132 Å². The number of phosphoric ester groups is 1. The third-order valence-corrected chi connectivity index (χ3v) is 5.18. The summed E-state index contributed by atoms with van der Waals surface area (Å²) in [5.74, 6) is -1.22. The number of ether oxygens (including phenoxy) is 3. The van der Waals surface area contributed by atoms with Crippen molar-refractivity contribution < 1.29 is 43.0 Å². The van der Waals surface area contributed by atoms with Crippen LogP contribution in [0.15, 0.2) is 60.0 Å². The van der Waals surface area contributed by atoms with Gasteiger partial charge in [0.2, 0.25) is 5.76 Å². The van der Waals surface area contributed by atoms with Gasteiger partial charge in [0.1, 0.15) is 19.3 Å². The lowest BCUT2D eigenvalue weighted by molar-refractivity contribution is -0.148. The minimum Gasteiger partial charge on any atom is -0.485 e. The molecule has 3 rings (SSSR count). The number of hydrogen-bond acceptors (Lipinski definition) is 7. The molecule has 9 nitrogen and oxygen atoms in total. The van der Waals surface area contributed by atoms with E-state index >= 15 is 0 Å². The molecule has 3 N–H and O–H groups in total. The minimum atomic E-state index is -4.98. The average Bonchev–Trinajstić information content (AvgIpc) is 3.03. The number of esters is 1. The van der Waals surface area contributed by atoms with E-state index in [0.717, 1.165) is 22.3 Å². The molecule has 32 heavy (non-hydrogen) atoms. The van der Waals surface area contributed by atoms with Crippen LogP contribution in [0, 0.1) is 13.8 Å². The molecule has 0 aromatic heterocycles. The quantitative estimate of drug-likeness (QED) is 0.359. The zero-order valence-corrected chi connectivity index (χ0v) is 18.5. The molecule has 0 saturated carbocycles. The molecule has 2 aromatic rings. The van der Waals surface area contributed by atoms with Gasteiger partial charge in [-0.1, -0.05) is 59.7 Å². The smallest absolute Gasteiger partial charge is 0.470 e. The number of phosphoric acid groups is 1. The van der Waals surface area contributed by atoms with Crippen molar-refractivity contribution in [2.24, 2.45) is 0 Å². The molecular weight excluding hydrogens is 439 g/mol. The van der Waals surface area contributed by atoms with Crippen molar-refractivity contribution in [1.82, 2.24) is 0 Å². The molecule has 0 unspecified atom stereocenters. The van der Waals surface area contributed by atoms with Gasteiger partial charge in [-0.2, -0.15) is 0 Å². The number of carbonyl (C=O) groups is 1. The Hall–Kier alpha value is -2.68. The number of carbonyl (C=O) groups excluding carboxylic acids is 1. The first-order valence-electron chi connectivity index (χ1n) is 9.83. The molecule has 0 amide bonds. The lowest BCUT2D eigenvalue weighted by atomic mass is 10.1. The van der Waals surface area contributed by atoms with E-state index in [-0.39, 0.29) is 24.7 Å². The van der Waals surface area contributed by atoms with Gasteiger partial charge in [0.05, 0.1) is 6.61 Å². The highest BCUT2D eigenvalue weighted by molar-refractivity contribution is 7.46. The van der Waals surface area contributed by atoms with E-state index in [1.165, 1.54) is 0 Å². The number of aryl methyl sites for hydroxylation is 2. The number of rotatable bonds is 10. The number of benzene rings is 2. The van der Waals surface area contributed by atoms with Crippen molar-refractivity contribution in [2.45, 2.75) is 39.3 Å². The van der Waals surface area contributed by atoms with Crippen LogP contribution in [0.1, 0.15) is 22.3 Å². The second-order valence-corrected chi connectivity index (χ2v) is 8.58. The summed E-state index contributed by atoms with van der Waals surface area (Å²) in [6, 6.07) is 15.0. The first kappa shape index (κ1) is 24.0. The molecule has 1 aliphatic heterocycles. The molecule has 10 heteroatoms. The fourth-order valence-electron chi connectivity index (χ4n) is 3.26. The second-order valence-electron chi connectivity index (χ2n) is 7.39. The maximum atomic E-state index is 12.5. The highest BCUT2D eigenvalue weighted by atomic mass is 31.2. The Bertz CT molecular complexity index is 1040. The lowest BCUT2D eigenvalue weighted by Crippen LogP contribution is -2.34. The molecule has 0 fully saturated rings. The molecule has 0 saturated heterocycles. The van der Waals surface area contributed by atoms with E-state index < -0.39 is 32.6 Å². The number of hydrogen-bond donors (Lipinski definition) is 3. The fraction of sp³-hybridized carbons (Fsp3) is 0.318. The molecule has 0 bridgehead atoms. The van der Waals surface area contributed by atoms with Gasteiger partial charge in [0.15, 0.2) is 11.9 Å². The van der Waals surface area contributed by atoms with Gasteiger partial charge in [-0.25, -0.2) is 9.36 Å². The molecule has 2 atom stereocenters. The average molecular weight is 464 g/mol. The molecule has 1 heterocycles. The van der Waals surface area contributed by atoms with Crippen LogP contribution in [0.5, 0.6) is 0 Å². The number of cyclic esters (lactones) is 1. The normalized spacial score (nSPS) is 17.3. The first-order valence-corrected chi connectivity index (χ1v) is 11.4. The second kappa shape index (κ2) is 10.3. The van der Waals surface area contributed by atoms with E-state index in [0.29, 0.717) is 0 Å². The lowest BCUT2D eigenvalue weighted by Gasteiger charge is -2.23. The van der Waals surface area contributed by atoms with Crippen molar-refractivity contribution in [3.8, 4) is 0 Å². The summed E-state index contributed by atoms with van der Waals surface area (Å²) in [6.07, 6.45) is -2.94. The van der Waals surface area contributed by atoms with Crippen molar-refractivity contribution in [3.05, 3.63) is 82.3 Å². The van der Waals surface area contributed by atoms with E-state index in [2.05, 4.69) is 4.52 Å². The monoisotopic (exact) mass is 464 g/mol. The summed E-state index contributed by atoms with van der Waals surface area (Å²) < 4.78 is 32.7. The SMILES string of the molecule is Cc1cccc(COC2=C(OCc3cccc(C)c3)[C@@H]([C@H](CO)OP(=O)(O)O)OC2=O)c1. The summed E-state index contributed by atoms with van der Waals surface area (Å²) >= 11 is 0. The van der Waals surface area contributed by atoms with Crippen molar-refractivity contribution in [1.29, 1.82) is 0 Å². The first-order chi connectivity index (χ1) is 15.2. The third kappa shape index (κ3) is 6.41. The van der Waals surface area contributed by atoms with Crippen LogP contribution < -0.4 is 0 Å². The summed E-state index contributed by atoms with van der Waals surface area (Å²) in [4.78, 5) is 30.8. The van der Waals surface area contributed by atoms with E-state index in [9.17, 15) is 14.5 Å². The van der Waals surface area contributed by atoms with Crippen LogP contribution in [-0.2, 0) is 41.3 Å². The maximum absolute atomic E-state index is 12.5. The van der Waals surface area contributed by atoms with Crippen molar-refractivity contribution in [2.75, 3.05) is 6.61 Å². The van der Waals surface area contributed by atoms with Crippen LogP contribution in [0.3, 0.4) is 0 Å². The van der Waals surface area contributed by atoms with Crippen LogP contribution in [0.25, 0.3) is 0 Å². The molecule has 0 aliphatic carbocycles. The van der Waals surface area contributed by atoms with Crippen molar-refractivity contribution >= 4 is 13.8 Å². The van der Waals surface area contributed by atoms with E-state index in [4.69, 9.17) is 24.0 Å². The van der Waals surface area contributed by atoms with Gasteiger partial charge >= 0.3 is 13.8 Å². The Balaban J connectivity index is 1.88.